The summed E-state index contributed by atoms with van der Waals surface area (Å²) in [6.45, 7) is 1.44. The standard InChI is InChI=1S/C12H15NO2/c1-15-9-10-4-2-5-11(8-10)13-7-3-6-12(13)14/h2,4-5,8H,3,6-7,9H2,1H3. The van der Waals surface area contributed by atoms with Crippen LogP contribution in [-0.2, 0) is 16.1 Å². The van der Waals surface area contributed by atoms with Gasteiger partial charge in [-0.2, -0.15) is 0 Å². The van der Waals surface area contributed by atoms with Crippen molar-refractivity contribution in [1.29, 1.82) is 0 Å². The molecule has 1 aromatic carbocycles. The largest absolute Gasteiger partial charge is 0.380 e. The van der Waals surface area contributed by atoms with Gasteiger partial charge in [0.05, 0.1) is 6.61 Å². The molecule has 1 heterocycles. The molecule has 0 bridgehead atoms. The van der Waals surface area contributed by atoms with Gasteiger partial charge in [-0.25, -0.2) is 0 Å². The van der Waals surface area contributed by atoms with E-state index in [0.717, 1.165) is 24.2 Å². The summed E-state index contributed by atoms with van der Waals surface area (Å²) in [5, 5.41) is 0. The molecule has 1 aliphatic heterocycles. The average molecular weight is 205 g/mol. The fraction of sp³-hybridized carbons (Fsp3) is 0.417. The lowest BCUT2D eigenvalue weighted by atomic mass is 10.2. The van der Waals surface area contributed by atoms with E-state index in [9.17, 15) is 4.79 Å². The smallest absolute Gasteiger partial charge is 0.227 e. The van der Waals surface area contributed by atoms with E-state index < -0.39 is 0 Å². The van der Waals surface area contributed by atoms with Crippen molar-refractivity contribution in [2.45, 2.75) is 19.4 Å². The molecule has 1 saturated heterocycles. The molecule has 0 saturated carbocycles. The Labute approximate surface area is 89.7 Å². The third kappa shape index (κ3) is 2.18. The van der Waals surface area contributed by atoms with Gasteiger partial charge in [-0.15, -0.1) is 0 Å². The Morgan fingerprint density at radius 3 is 3.00 bits per heavy atom. The highest BCUT2D eigenvalue weighted by Crippen LogP contribution is 2.22. The third-order valence-electron chi connectivity index (χ3n) is 2.61. The first kappa shape index (κ1) is 10.2. The Hall–Kier alpha value is -1.35. The molecule has 1 aliphatic rings. The van der Waals surface area contributed by atoms with Crippen LogP contribution >= 0.6 is 0 Å². The summed E-state index contributed by atoms with van der Waals surface area (Å²) < 4.78 is 5.07. The molecule has 2 rings (SSSR count). The normalized spacial score (nSPS) is 16.1. The zero-order chi connectivity index (χ0) is 10.7. The zero-order valence-electron chi connectivity index (χ0n) is 8.90. The Morgan fingerprint density at radius 2 is 2.33 bits per heavy atom. The van der Waals surface area contributed by atoms with Crippen molar-refractivity contribution >= 4 is 11.6 Å². The van der Waals surface area contributed by atoms with Crippen LogP contribution in [-0.4, -0.2) is 19.6 Å². The van der Waals surface area contributed by atoms with Gasteiger partial charge in [-0.1, -0.05) is 12.1 Å². The molecule has 0 N–H and O–H groups in total. The van der Waals surface area contributed by atoms with Gasteiger partial charge in [0.2, 0.25) is 5.91 Å². The highest BCUT2D eigenvalue weighted by Gasteiger charge is 2.21. The summed E-state index contributed by atoms with van der Waals surface area (Å²) >= 11 is 0. The molecule has 3 heteroatoms. The quantitative estimate of drug-likeness (QED) is 0.755. The van der Waals surface area contributed by atoms with Crippen LogP contribution in [0.25, 0.3) is 0 Å². The van der Waals surface area contributed by atoms with E-state index in [1.54, 1.807) is 7.11 Å². The molecule has 80 valence electrons. The first-order chi connectivity index (χ1) is 7.31. The Bertz CT molecular complexity index is 362. The summed E-state index contributed by atoms with van der Waals surface area (Å²) in [5.74, 6) is 0.226. The van der Waals surface area contributed by atoms with Crippen molar-refractivity contribution in [3.05, 3.63) is 29.8 Å². The average Bonchev–Trinajstić information content (AvgIpc) is 2.65. The van der Waals surface area contributed by atoms with Crippen LogP contribution < -0.4 is 4.90 Å². The van der Waals surface area contributed by atoms with Gasteiger partial charge < -0.3 is 9.64 Å². The number of carbonyl (C=O) groups excluding carboxylic acids is 1. The molecular formula is C12H15NO2. The van der Waals surface area contributed by atoms with Crippen LogP contribution in [0.15, 0.2) is 24.3 Å². The second kappa shape index (κ2) is 4.45. The summed E-state index contributed by atoms with van der Waals surface area (Å²) in [6, 6.07) is 7.97. The minimum absolute atomic E-state index is 0.226. The Kier molecular flexibility index (Phi) is 3.02. The van der Waals surface area contributed by atoms with Crippen molar-refractivity contribution in [3.63, 3.8) is 0 Å². The number of amides is 1. The molecular weight excluding hydrogens is 190 g/mol. The van der Waals surface area contributed by atoms with Crippen LogP contribution in [0, 0.1) is 0 Å². The molecule has 1 fully saturated rings. The fourth-order valence-electron chi connectivity index (χ4n) is 1.90. The minimum atomic E-state index is 0.226. The summed E-state index contributed by atoms with van der Waals surface area (Å²) in [4.78, 5) is 13.4. The fourth-order valence-corrected chi connectivity index (χ4v) is 1.90. The van der Waals surface area contributed by atoms with Crippen LogP contribution in [0.5, 0.6) is 0 Å². The number of nitrogens with zero attached hydrogens (tertiary/aromatic N) is 1. The lowest BCUT2D eigenvalue weighted by molar-refractivity contribution is -0.117. The lowest BCUT2D eigenvalue weighted by Crippen LogP contribution is -2.23. The van der Waals surface area contributed by atoms with E-state index in [1.807, 2.05) is 29.2 Å². The van der Waals surface area contributed by atoms with Crippen LogP contribution in [0.1, 0.15) is 18.4 Å². The zero-order valence-corrected chi connectivity index (χ0v) is 8.90. The molecule has 1 aromatic rings. The van der Waals surface area contributed by atoms with Gasteiger partial charge in [-0.05, 0) is 24.1 Å². The summed E-state index contributed by atoms with van der Waals surface area (Å²) in [6.07, 6.45) is 1.64. The van der Waals surface area contributed by atoms with Gasteiger partial charge >= 0.3 is 0 Å². The lowest BCUT2D eigenvalue weighted by Gasteiger charge is -2.16. The van der Waals surface area contributed by atoms with Gasteiger partial charge in [0.15, 0.2) is 0 Å². The number of anilines is 1. The van der Waals surface area contributed by atoms with Crippen molar-refractivity contribution in [3.8, 4) is 0 Å². The van der Waals surface area contributed by atoms with Gasteiger partial charge in [0.1, 0.15) is 0 Å². The first-order valence-electron chi connectivity index (χ1n) is 5.19. The monoisotopic (exact) mass is 205 g/mol. The molecule has 0 unspecified atom stereocenters. The number of ether oxygens (including phenoxy) is 1. The van der Waals surface area contributed by atoms with Crippen molar-refractivity contribution in [2.24, 2.45) is 0 Å². The molecule has 0 aliphatic carbocycles. The van der Waals surface area contributed by atoms with Crippen LogP contribution in [0.4, 0.5) is 5.69 Å². The van der Waals surface area contributed by atoms with E-state index in [1.165, 1.54) is 0 Å². The van der Waals surface area contributed by atoms with Gasteiger partial charge in [0.25, 0.3) is 0 Å². The Balaban J connectivity index is 2.20. The summed E-state index contributed by atoms with van der Waals surface area (Å²) in [5.41, 5.74) is 2.10. The highest BCUT2D eigenvalue weighted by molar-refractivity contribution is 5.95. The molecule has 0 atom stereocenters. The van der Waals surface area contributed by atoms with Crippen molar-refractivity contribution in [1.82, 2.24) is 0 Å². The number of benzene rings is 1. The number of hydrogen-bond acceptors (Lipinski definition) is 2. The second-order valence-corrected chi connectivity index (χ2v) is 3.75. The van der Waals surface area contributed by atoms with Gasteiger partial charge in [0, 0.05) is 25.8 Å². The number of rotatable bonds is 3. The van der Waals surface area contributed by atoms with Crippen LogP contribution in [0.2, 0.25) is 0 Å². The SMILES string of the molecule is COCc1cccc(N2CCCC2=O)c1. The van der Waals surface area contributed by atoms with E-state index >= 15 is 0 Å². The molecule has 1 amide bonds. The highest BCUT2D eigenvalue weighted by atomic mass is 16.5. The maximum Gasteiger partial charge on any atom is 0.227 e. The van der Waals surface area contributed by atoms with Gasteiger partial charge in [-0.3, -0.25) is 4.79 Å². The third-order valence-corrected chi connectivity index (χ3v) is 2.61. The predicted molar refractivity (Wildman–Crippen MR) is 58.7 cm³/mol. The number of methoxy groups -OCH3 is 1. The molecule has 0 spiro atoms. The van der Waals surface area contributed by atoms with E-state index in [-0.39, 0.29) is 5.91 Å². The maximum atomic E-state index is 11.5. The van der Waals surface area contributed by atoms with E-state index in [4.69, 9.17) is 4.74 Å². The Morgan fingerprint density at radius 1 is 1.47 bits per heavy atom. The topological polar surface area (TPSA) is 29.5 Å². The van der Waals surface area contributed by atoms with Crippen molar-refractivity contribution < 1.29 is 9.53 Å². The summed E-state index contributed by atoms with van der Waals surface area (Å²) in [7, 11) is 1.67. The van der Waals surface area contributed by atoms with E-state index in [2.05, 4.69) is 0 Å². The maximum absolute atomic E-state index is 11.5. The van der Waals surface area contributed by atoms with Crippen molar-refractivity contribution in [2.75, 3.05) is 18.6 Å². The molecule has 15 heavy (non-hydrogen) atoms. The second-order valence-electron chi connectivity index (χ2n) is 3.75. The predicted octanol–water partition coefficient (Wildman–Crippen LogP) is 1.96. The molecule has 0 aromatic heterocycles. The molecule has 0 radical (unpaired) electrons. The number of carbonyl (C=O) groups is 1. The number of hydrogen-bond donors (Lipinski definition) is 0. The van der Waals surface area contributed by atoms with Crippen LogP contribution in [0.3, 0.4) is 0 Å². The molecule has 3 nitrogen and oxygen atoms in total. The van der Waals surface area contributed by atoms with E-state index in [0.29, 0.717) is 13.0 Å². The minimum Gasteiger partial charge on any atom is -0.380 e. The first-order valence-corrected chi connectivity index (χ1v) is 5.19.